The highest BCUT2D eigenvalue weighted by atomic mass is 32.2. The van der Waals surface area contributed by atoms with Crippen LogP contribution in [-0.2, 0) is 16.6 Å². The van der Waals surface area contributed by atoms with Gasteiger partial charge in [0.25, 0.3) is 0 Å². The number of benzene rings is 3. The smallest absolute Gasteiger partial charge is 0.240 e. The van der Waals surface area contributed by atoms with Crippen LogP contribution in [0.1, 0.15) is 52.7 Å². The van der Waals surface area contributed by atoms with E-state index in [1.807, 2.05) is 0 Å². The van der Waals surface area contributed by atoms with Crippen LogP contribution in [0.3, 0.4) is 0 Å². The predicted octanol–water partition coefficient (Wildman–Crippen LogP) is 4.54. The molecule has 35 heavy (non-hydrogen) atoms. The van der Waals surface area contributed by atoms with E-state index in [4.69, 9.17) is 9.47 Å². The number of rotatable bonds is 9. The van der Waals surface area contributed by atoms with Gasteiger partial charge in [-0.3, -0.25) is 4.79 Å². The zero-order chi connectivity index (χ0) is 25.0. The SMILES string of the molecule is CNS(=O)(=O)c1ccc(COc2[c]c(C)c(C(=O)c3ccc(OC4CCCC4)cc3O)cc2)cc1. The molecule has 0 saturated heterocycles. The van der Waals surface area contributed by atoms with E-state index in [0.29, 0.717) is 22.6 Å². The van der Waals surface area contributed by atoms with Crippen molar-refractivity contribution in [2.24, 2.45) is 0 Å². The van der Waals surface area contributed by atoms with Crippen molar-refractivity contribution < 1.29 is 27.8 Å². The molecule has 0 amide bonds. The number of ketones is 1. The Labute approximate surface area is 205 Å². The number of phenolic OH excluding ortho intramolecular Hbond substituents is 1. The molecular formula is C27H28NO6S. The summed E-state index contributed by atoms with van der Waals surface area (Å²) < 4.78 is 37.6. The van der Waals surface area contributed by atoms with Gasteiger partial charge in [0.05, 0.1) is 16.6 Å². The highest BCUT2D eigenvalue weighted by Crippen LogP contribution is 2.30. The van der Waals surface area contributed by atoms with E-state index < -0.39 is 10.0 Å². The first kappa shape index (κ1) is 24.8. The van der Waals surface area contributed by atoms with E-state index in [2.05, 4.69) is 10.8 Å². The van der Waals surface area contributed by atoms with E-state index in [9.17, 15) is 18.3 Å². The minimum absolute atomic E-state index is 0.117. The lowest BCUT2D eigenvalue weighted by molar-refractivity contribution is 0.103. The summed E-state index contributed by atoms with van der Waals surface area (Å²) in [6, 6.07) is 17.5. The molecule has 0 spiro atoms. The van der Waals surface area contributed by atoms with Crippen molar-refractivity contribution in [1.82, 2.24) is 4.72 Å². The van der Waals surface area contributed by atoms with Gasteiger partial charge in [0.1, 0.15) is 23.9 Å². The van der Waals surface area contributed by atoms with Crippen LogP contribution < -0.4 is 14.2 Å². The van der Waals surface area contributed by atoms with Crippen molar-refractivity contribution in [2.75, 3.05) is 7.05 Å². The van der Waals surface area contributed by atoms with Gasteiger partial charge in [0.2, 0.25) is 10.0 Å². The minimum Gasteiger partial charge on any atom is -0.507 e. The number of aryl methyl sites for hydroxylation is 1. The maximum Gasteiger partial charge on any atom is 0.240 e. The number of carbonyl (C=O) groups is 1. The lowest BCUT2D eigenvalue weighted by atomic mass is 9.98. The molecule has 0 unspecified atom stereocenters. The van der Waals surface area contributed by atoms with Crippen LogP contribution in [0, 0.1) is 13.0 Å². The monoisotopic (exact) mass is 494 g/mol. The minimum atomic E-state index is -3.49. The standard InChI is InChI=1S/C27H28NO6S/c1-18-15-21(33-17-19-7-11-23(12-8-19)35(31,32)28-2)9-13-24(18)27(30)25-14-10-22(16-26(25)29)34-20-5-3-4-6-20/h7-14,16,20,28-29H,3-6,17H2,1-2H3. The van der Waals surface area contributed by atoms with E-state index in [-0.39, 0.29) is 34.7 Å². The fourth-order valence-electron chi connectivity index (χ4n) is 4.07. The second kappa shape index (κ2) is 10.5. The second-order valence-electron chi connectivity index (χ2n) is 8.53. The van der Waals surface area contributed by atoms with Gasteiger partial charge in [-0.1, -0.05) is 12.1 Å². The van der Waals surface area contributed by atoms with Gasteiger partial charge >= 0.3 is 0 Å². The van der Waals surface area contributed by atoms with Crippen molar-refractivity contribution in [1.29, 1.82) is 0 Å². The van der Waals surface area contributed by atoms with Crippen LogP contribution in [0.5, 0.6) is 17.2 Å². The summed E-state index contributed by atoms with van der Waals surface area (Å²) in [5, 5.41) is 10.5. The molecule has 7 nitrogen and oxygen atoms in total. The molecule has 0 heterocycles. The normalized spacial score (nSPS) is 14.1. The topological polar surface area (TPSA) is 102 Å². The maximum atomic E-state index is 13.1. The quantitative estimate of drug-likeness (QED) is 0.424. The fourth-order valence-corrected chi connectivity index (χ4v) is 4.80. The first-order chi connectivity index (χ1) is 16.8. The van der Waals surface area contributed by atoms with Crippen molar-refractivity contribution in [3.63, 3.8) is 0 Å². The van der Waals surface area contributed by atoms with Gasteiger partial charge in [0, 0.05) is 17.7 Å². The summed E-state index contributed by atoms with van der Waals surface area (Å²) in [5.74, 6) is 0.593. The molecule has 183 valence electrons. The number of carbonyl (C=O) groups excluding carboxylic acids is 1. The van der Waals surface area contributed by atoms with E-state index >= 15 is 0 Å². The molecule has 0 atom stereocenters. The molecule has 1 fully saturated rings. The van der Waals surface area contributed by atoms with Crippen LogP contribution in [-0.4, -0.2) is 32.5 Å². The second-order valence-corrected chi connectivity index (χ2v) is 10.4. The van der Waals surface area contributed by atoms with Crippen molar-refractivity contribution in [3.05, 3.63) is 82.9 Å². The van der Waals surface area contributed by atoms with Crippen LogP contribution in [0.4, 0.5) is 0 Å². The third kappa shape index (κ3) is 5.83. The first-order valence-corrected chi connectivity index (χ1v) is 13.0. The van der Waals surface area contributed by atoms with Gasteiger partial charge in [-0.15, -0.1) is 0 Å². The molecule has 4 rings (SSSR count). The van der Waals surface area contributed by atoms with Crippen molar-refractivity contribution in [3.8, 4) is 17.2 Å². The molecular weight excluding hydrogens is 466 g/mol. The Morgan fingerprint density at radius 1 is 1.06 bits per heavy atom. The fraction of sp³-hybridized carbons (Fsp3) is 0.296. The Morgan fingerprint density at radius 3 is 2.37 bits per heavy atom. The Hall–Kier alpha value is -3.36. The van der Waals surface area contributed by atoms with Gasteiger partial charge in [-0.2, -0.15) is 0 Å². The van der Waals surface area contributed by atoms with Crippen LogP contribution in [0.25, 0.3) is 0 Å². The molecule has 3 aromatic carbocycles. The van der Waals surface area contributed by atoms with Crippen LogP contribution >= 0.6 is 0 Å². The summed E-state index contributed by atoms with van der Waals surface area (Å²) in [6.45, 7) is 1.97. The number of hydrogen-bond acceptors (Lipinski definition) is 6. The molecule has 1 radical (unpaired) electrons. The summed E-state index contributed by atoms with van der Waals surface area (Å²) in [4.78, 5) is 13.2. The molecule has 3 aromatic rings. The predicted molar refractivity (Wildman–Crippen MR) is 131 cm³/mol. The molecule has 1 aliphatic carbocycles. The Kier molecular flexibility index (Phi) is 7.42. The molecule has 0 aliphatic heterocycles. The van der Waals surface area contributed by atoms with E-state index in [0.717, 1.165) is 31.2 Å². The third-order valence-corrected chi connectivity index (χ3v) is 7.51. The number of aromatic hydroxyl groups is 1. The van der Waals surface area contributed by atoms with Crippen LogP contribution in [0.15, 0.2) is 59.5 Å². The Morgan fingerprint density at radius 2 is 1.74 bits per heavy atom. The first-order valence-electron chi connectivity index (χ1n) is 11.5. The summed E-state index contributed by atoms with van der Waals surface area (Å²) in [6.07, 6.45) is 4.48. The molecule has 1 saturated carbocycles. The van der Waals surface area contributed by atoms with Gasteiger partial charge < -0.3 is 14.6 Å². The molecule has 8 heteroatoms. The molecule has 2 N–H and O–H groups in total. The van der Waals surface area contributed by atoms with Crippen molar-refractivity contribution >= 4 is 15.8 Å². The third-order valence-electron chi connectivity index (χ3n) is 6.08. The lowest BCUT2D eigenvalue weighted by Gasteiger charge is -2.14. The lowest BCUT2D eigenvalue weighted by Crippen LogP contribution is -2.18. The zero-order valence-corrected chi connectivity index (χ0v) is 20.5. The van der Waals surface area contributed by atoms with E-state index in [1.54, 1.807) is 43.3 Å². The summed E-state index contributed by atoms with van der Waals surface area (Å²) >= 11 is 0. The van der Waals surface area contributed by atoms with Crippen molar-refractivity contribution in [2.45, 2.75) is 50.2 Å². The summed E-state index contributed by atoms with van der Waals surface area (Å²) in [7, 11) is -2.13. The van der Waals surface area contributed by atoms with Gasteiger partial charge in [-0.25, -0.2) is 13.1 Å². The van der Waals surface area contributed by atoms with Crippen LogP contribution in [0.2, 0.25) is 0 Å². The highest BCUT2D eigenvalue weighted by Gasteiger charge is 2.20. The van der Waals surface area contributed by atoms with E-state index in [1.165, 1.54) is 25.2 Å². The number of sulfonamides is 1. The average molecular weight is 495 g/mol. The maximum absolute atomic E-state index is 13.1. The largest absolute Gasteiger partial charge is 0.507 e. The molecule has 0 aromatic heterocycles. The number of nitrogens with one attached hydrogen (secondary N) is 1. The average Bonchev–Trinajstić information content (AvgIpc) is 3.36. The molecule has 0 bridgehead atoms. The highest BCUT2D eigenvalue weighted by molar-refractivity contribution is 7.89. The summed E-state index contributed by atoms with van der Waals surface area (Å²) in [5.41, 5.74) is 1.99. The zero-order valence-electron chi connectivity index (χ0n) is 19.7. The number of ether oxygens (including phenoxy) is 2. The Bertz CT molecular complexity index is 1310. The van der Waals surface area contributed by atoms with Gasteiger partial charge in [-0.05, 0) is 87.2 Å². The Balaban J connectivity index is 1.41. The number of phenols is 1. The number of hydrogen-bond donors (Lipinski definition) is 2. The molecule has 1 aliphatic rings. The van der Waals surface area contributed by atoms with Gasteiger partial charge in [0.15, 0.2) is 5.78 Å².